The van der Waals surface area contributed by atoms with Gasteiger partial charge in [0.2, 0.25) is 5.89 Å². The van der Waals surface area contributed by atoms with E-state index in [1.807, 2.05) is 24.3 Å². The first-order valence-corrected chi connectivity index (χ1v) is 6.06. The number of oxazole rings is 1. The zero-order valence-electron chi connectivity index (χ0n) is 9.32. The molecule has 0 spiro atoms. The van der Waals surface area contributed by atoms with Gasteiger partial charge in [-0.05, 0) is 31.4 Å². The standard InChI is InChI=1S/C13H13ClN2O/c14-10-4-1-3-9(7-10)11-8-17-12(16-11)13(15)5-2-6-13/h1,3-4,7-8H,2,5-6,15H2. The molecule has 0 aliphatic heterocycles. The number of rotatable bonds is 2. The predicted octanol–water partition coefficient (Wildman–Crippen LogP) is 3.33. The van der Waals surface area contributed by atoms with Gasteiger partial charge in [-0.3, -0.25) is 0 Å². The van der Waals surface area contributed by atoms with Gasteiger partial charge in [-0.1, -0.05) is 23.7 Å². The average Bonchev–Trinajstić information content (AvgIpc) is 2.75. The lowest BCUT2D eigenvalue weighted by Gasteiger charge is -2.34. The summed E-state index contributed by atoms with van der Waals surface area (Å²) in [5.41, 5.74) is 7.56. The molecule has 17 heavy (non-hydrogen) atoms. The maximum absolute atomic E-state index is 6.16. The average molecular weight is 249 g/mol. The van der Waals surface area contributed by atoms with Gasteiger partial charge >= 0.3 is 0 Å². The fourth-order valence-corrected chi connectivity index (χ4v) is 2.24. The predicted molar refractivity (Wildman–Crippen MR) is 66.7 cm³/mol. The molecule has 1 aliphatic rings. The van der Waals surface area contributed by atoms with Crippen LogP contribution in [0.2, 0.25) is 5.02 Å². The van der Waals surface area contributed by atoms with E-state index in [2.05, 4.69) is 4.98 Å². The highest BCUT2D eigenvalue weighted by Gasteiger charge is 2.39. The van der Waals surface area contributed by atoms with Crippen LogP contribution in [0.1, 0.15) is 25.2 Å². The Morgan fingerprint density at radius 3 is 2.82 bits per heavy atom. The van der Waals surface area contributed by atoms with Gasteiger partial charge in [0.1, 0.15) is 12.0 Å². The lowest BCUT2D eigenvalue weighted by Crippen LogP contribution is -2.43. The van der Waals surface area contributed by atoms with Crippen LogP contribution in [0.3, 0.4) is 0 Å². The number of benzene rings is 1. The number of hydrogen-bond acceptors (Lipinski definition) is 3. The first-order valence-electron chi connectivity index (χ1n) is 5.68. The highest BCUT2D eigenvalue weighted by atomic mass is 35.5. The lowest BCUT2D eigenvalue weighted by atomic mass is 9.78. The maximum atomic E-state index is 6.16. The molecule has 0 amide bonds. The summed E-state index contributed by atoms with van der Waals surface area (Å²) in [5.74, 6) is 0.638. The lowest BCUT2D eigenvalue weighted by molar-refractivity contribution is 0.199. The quantitative estimate of drug-likeness (QED) is 0.887. The summed E-state index contributed by atoms with van der Waals surface area (Å²) in [4.78, 5) is 4.47. The number of hydrogen-bond donors (Lipinski definition) is 1. The van der Waals surface area contributed by atoms with E-state index in [9.17, 15) is 0 Å². The third-order valence-corrected chi connectivity index (χ3v) is 3.53. The summed E-state index contributed by atoms with van der Waals surface area (Å²) >= 11 is 5.95. The van der Waals surface area contributed by atoms with Crippen molar-refractivity contribution in [2.75, 3.05) is 0 Å². The van der Waals surface area contributed by atoms with Crippen molar-refractivity contribution in [2.45, 2.75) is 24.8 Å². The van der Waals surface area contributed by atoms with Gasteiger partial charge in [0.05, 0.1) is 5.54 Å². The molecule has 1 fully saturated rings. The van der Waals surface area contributed by atoms with Crippen LogP contribution >= 0.6 is 11.6 Å². The van der Waals surface area contributed by atoms with Crippen molar-refractivity contribution in [3.63, 3.8) is 0 Å². The zero-order valence-corrected chi connectivity index (χ0v) is 10.1. The molecule has 3 rings (SSSR count). The molecule has 1 saturated carbocycles. The molecule has 88 valence electrons. The van der Waals surface area contributed by atoms with Crippen molar-refractivity contribution in [1.29, 1.82) is 0 Å². The molecule has 0 bridgehead atoms. The Morgan fingerprint density at radius 1 is 1.35 bits per heavy atom. The highest BCUT2D eigenvalue weighted by molar-refractivity contribution is 6.30. The van der Waals surface area contributed by atoms with Gasteiger partial charge in [-0.2, -0.15) is 0 Å². The van der Waals surface area contributed by atoms with E-state index >= 15 is 0 Å². The molecule has 1 aliphatic carbocycles. The minimum Gasteiger partial charge on any atom is -0.446 e. The topological polar surface area (TPSA) is 52.0 Å². The second-order valence-corrected chi connectivity index (χ2v) is 4.99. The van der Waals surface area contributed by atoms with Crippen LogP contribution in [0.5, 0.6) is 0 Å². The van der Waals surface area contributed by atoms with Gasteiger partial charge < -0.3 is 10.2 Å². The minimum atomic E-state index is -0.350. The SMILES string of the molecule is NC1(c2nc(-c3cccc(Cl)c3)co2)CCC1. The molecule has 3 nitrogen and oxygen atoms in total. The molecule has 0 atom stereocenters. The molecule has 0 radical (unpaired) electrons. The normalized spacial score (nSPS) is 17.8. The first kappa shape index (κ1) is 10.8. The Kier molecular flexibility index (Phi) is 2.45. The molecular formula is C13H13ClN2O. The molecule has 0 unspecified atom stereocenters. The van der Waals surface area contributed by atoms with Crippen molar-refractivity contribution >= 4 is 11.6 Å². The van der Waals surface area contributed by atoms with Gasteiger partial charge in [0.15, 0.2) is 0 Å². The number of halogens is 1. The van der Waals surface area contributed by atoms with Crippen molar-refractivity contribution < 1.29 is 4.42 Å². The second kappa shape index (κ2) is 3.86. The van der Waals surface area contributed by atoms with Gasteiger partial charge in [0, 0.05) is 10.6 Å². The van der Waals surface area contributed by atoms with Crippen LogP contribution in [-0.2, 0) is 5.54 Å². The Labute approximate surface area is 105 Å². The summed E-state index contributed by atoms with van der Waals surface area (Å²) in [6.45, 7) is 0. The Morgan fingerprint density at radius 2 is 2.18 bits per heavy atom. The van der Waals surface area contributed by atoms with Crippen molar-refractivity contribution in [1.82, 2.24) is 4.98 Å². The molecule has 1 aromatic carbocycles. The number of nitrogens with two attached hydrogens (primary N) is 1. The monoisotopic (exact) mass is 248 g/mol. The summed E-state index contributed by atoms with van der Waals surface area (Å²) in [6, 6.07) is 7.56. The first-order chi connectivity index (χ1) is 8.17. The number of nitrogens with zero attached hydrogens (tertiary/aromatic N) is 1. The van der Waals surface area contributed by atoms with Crippen LogP contribution in [0, 0.1) is 0 Å². The fourth-order valence-electron chi connectivity index (χ4n) is 2.05. The molecule has 1 heterocycles. The summed E-state index contributed by atoms with van der Waals surface area (Å²) < 4.78 is 5.49. The van der Waals surface area contributed by atoms with Crippen molar-refractivity contribution in [2.24, 2.45) is 5.73 Å². The zero-order chi connectivity index (χ0) is 11.9. The van der Waals surface area contributed by atoms with E-state index in [1.54, 1.807) is 6.26 Å². The van der Waals surface area contributed by atoms with E-state index in [4.69, 9.17) is 21.8 Å². The van der Waals surface area contributed by atoms with E-state index in [1.165, 1.54) is 0 Å². The van der Waals surface area contributed by atoms with E-state index in [0.29, 0.717) is 10.9 Å². The van der Waals surface area contributed by atoms with Crippen LogP contribution < -0.4 is 5.73 Å². The van der Waals surface area contributed by atoms with Crippen LogP contribution in [0.15, 0.2) is 34.9 Å². The fraction of sp³-hybridized carbons (Fsp3) is 0.308. The summed E-state index contributed by atoms with van der Waals surface area (Å²) in [6.07, 6.45) is 4.68. The van der Waals surface area contributed by atoms with Gasteiger partial charge in [0.25, 0.3) is 0 Å². The van der Waals surface area contributed by atoms with Crippen LogP contribution in [-0.4, -0.2) is 4.98 Å². The van der Waals surface area contributed by atoms with Crippen molar-refractivity contribution in [3.05, 3.63) is 41.4 Å². The molecule has 2 aromatic rings. The minimum absolute atomic E-state index is 0.350. The third kappa shape index (κ3) is 1.85. The Bertz CT molecular complexity index is 546. The molecule has 2 N–H and O–H groups in total. The Balaban J connectivity index is 1.95. The Hall–Kier alpha value is -1.32. The maximum Gasteiger partial charge on any atom is 0.214 e. The van der Waals surface area contributed by atoms with Gasteiger partial charge in [-0.15, -0.1) is 0 Å². The van der Waals surface area contributed by atoms with Crippen LogP contribution in [0.4, 0.5) is 0 Å². The number of aromatic nitrogens is 1. The van der Waals surface area contributed by atoms with Gasteiger partial charge in [-0.25, -0.2) is 4.98 Å². The molecule has 0 saturated heterocycles. The smallest absolute Gasteiger partial charge is 0.214 e. The van der Waals surface area contributed by atoms with E-state index in [0.717, 1.165) is 30.5 Å². The molecule has 1 aromatic heterocycles. The van der Waals surface area contributed by atoms with Crippen molar-refractivity contribution in [3.8, 4) is 11.3 Å². The van der Waals surface area contributed by atoms with E-state index < -0.39 is 0 Å². The summed E-state index contributed by atoms with van der Waals surface area (Å²) in [5, 5.41) is 0.693. The second-order valence-electron chi connectivity index (χ2n) is 4.56. The summed E-state index contributed by atoms with van der Waals surface area (Å²) in [7, 11) is 0. The largest absolute Gasteiger partial charge is 0.446 e. The van der Waals surface area contributed by atoms with E-state index in [-0.39, 0.29) is 5.54 Å². The molecule has 4 heteroatoms. The molecular weight excluding hydrogens is 236 g/mol. The third-order valence-electron chi connectivity index (χ3n) is 3.30. The highest BCUT2D eigenvalue weighted by Crippen LogP contribution is 2.38. The van der Waals surface area contributed by atoms with Crippen LogP contribution in [0.25, 0.3) is 11.3 Å².